The van der Waals surface area contributed by atoms with Crippen LogP contribution in [0.1, 0.15) is 29.0 Å². The molecule has 0 radical (unpaired) electrons. The Morgan fingerprint density at radius 3 is 2.89 bits per heavy atom. The smallest absolute Gasteiger partial charge is 0.310 e. The van der Waals surface area contributed by atoms with Crippen molar-refractivity contribution in [2.24, 2.45) is 0 Å². The molecule has 1 aromatic heterocycles. The second-order valence-corrected chi connectivity index (χ2v) is 5.69. The Balaban J connectivity index is 2.04. The van der Waals surface area contributed by atoms with Crippen molar-refractivity contribution < 1.29 is 9.90 Å². The molecule has 1 aliphatic carbocycles. The van der Waals surface area contributed by atoms with Crippen molar-refractivity contribution in [3.63, 3.8) is 0 Å². The van der Waals surface area contributed by atoms with Crippen LogP contribution in [0.5, 0.6) is 0 Å². The lowest BCUT2D eigenvalue weighted by Gasteiger charge is -2.07. The zero-order valence-electron chi connectivity index (χ0n) is 10.1. The molecule has 18 heavy (non-hydrogen) atoms. The summed E-state index contributed by atoms with van der Waals surface area (Å²) in [4.78, 5) is 12.4. The maximum Gasteiger partial charge on any atom is 0.310 e. The van der Waals surface area contributed by atoms with Crippen LogP contribution in [0.4, 0.5) is 0 Å². The first-order valence-corrected chi connectivity index (χ1v) is 6.95. The normalized spacial score (nSPS) is 17.7. The Bertz CT molecular complexity index is 613. The van der Waals surface area contributed by atoms with E-state index in [9.17, 15) is 4.79 Å². The van der Waals surface area contributed by atoms with Crippen LogP contribution in [0.3, 0.4) is 0 Å². The van der Waals surface area contributed by atoms with Gasteiger partial charge in [0.15, 0.2) is 0 Å². The van der Waals surface area contributed by atoms with Crippen LogP contribution < -0.4 is 0 Å². The first-order chi connectivity index (χ1) is 8.66. The van der Waals surface area contributed by atoms with E-state index in [1.54, 1.807) is 11.3 Å². The molecule has 1 unspecified atom stereocenters. The molecule has 3 rings (SSSR count). The van der Waals surface area contributed by atoms with Crippen molar-refractivity contribution in [2.75, 3.05) is 0 Å². The van der Waals surface area contributed by atoms with Gasteiger partial charge in [0.05, 0.1) is 5.92 Å². The fraction of sp³-hybridized carbons (Fsp3) is 0.267. The Morgan fingerprint density at radius 2 is 2.22 bits per heavy atom. The molecule has 1 aliphatic rings. The van der Waals surface area contributed by atoms with Gasteiger partial charge < -0.3 is 5.11 Å². The van der Waals surface area contributed by atoms with Crippen LogP contribution in [0.2, 0.25) is 0 Å². The van der Waals surface area contributed by atoms with Gasteiger partial charge in [-0.1, -0.05) is 18.2 Å². The van der Waals surface area contributed by atoms with Crippen molar-refractivity contribution in [1.29, 1.82) is 0 Å². The Kier molecular flexibility index (Phi) is 2.71. The summed E-state index contributed by atoms with van der Waals surface area (Å²) < 4.78 is 0. The summed E-state index contributed by atoms with van der Waals surface area (Å²) in [7, 11) is 0. The van der Waals surface area contributed by atoms with Crippen LogP contribution in [0.25, 0.3) is 10.4 Å². The molecule has 0 spiro atoms. The van der Waals surface area contributed by atoms with Gasteiger partial charge in [0.2, 0.25) is 0 Å². The van der Waals surface area contributed by atoms with Gasteiger partial charge in [0.1, 0.15) is 0 Å². The van der Waals surface area contributed by atoms with E-state index in [2.05, 4.69) is 30.5 Å². The predicted octanol–water partition coefficient (Wildman–Crippen LogP) is 3.84. The number of rotatable bonds is 2. The largest absolute Gasteiger partial charge is 0.481 e. The monoisotopic (exact) mass is 258 g/mol. The summed E-state index contributed by atoms with van der Waals surface area (Å²) in [6.45, 7) is 2.11. The molecular weight excluding hydrogens is 244 g/mol. The molecule has 0 amide bonds. The van der Waals surface area contributed by atoms with Crippen LogP contribution in [-0.2, 0) is 11.2 Å². The number of carboxylic acids is 1. The fourth-order valence-corrected chi connectivity index (χ4v) is 3.61. The summed E-state index contributed by atoms with van der Waals surface area (Å²) in [5.41, 5.74) is 4.70. The average molecular weight is 258 g/mol. The second kappa shape index (κ2) is 4.25. The third-order valence-electron chi connectivity index (χ3n) is 3.64. The third kappa shape index (κ3) is 1.75. The fourth-order valence-electron chi connectivity index (χ4n) is 2.68. The number of carboxylic acid groups (broad SMARTS) is 1. The van der Waals surface area contributed by atoms with Gasteiger partial charge in [-0.3, -0.25) is 4.79 Å². The van der Waals surface area contributed by atoms with E-state index in [1.807, 2.05) is 6.07 Å². The van der Waals surface area contributed by atoms with Crippen LogP contribution in [0, 0.1) is 6.92 Å². The van der Waals surface area contributed by atoms with E-state index in [0.29, 0.717) is 0 Å². The van der Waals surface area contributed by atoms with E-state index in [1.165, 1.54) is 21.6 Å². The number of hydrogen-bond donors (Lipinski definition) is 1. The zero-order chi connectivity index (χ0) is 12.7. The van der Waals surface area contributed by atoms with Crippen molar-refractivity contribution in [3.05, 3.63) is 46.3 Å². The average Bonchev–Trinajstić information content (AvgIpc) is 2.93. The molecule has 0 saturated carbocycles. The molecule has 0 aliphatic heterocycles. The van der Waals surface area contributed by atoms with E-state index >= 15 is 0 Å². The lowest BCUT2D eigenvalue weighted by molar-refractivity contribution is -0.138. The van der Waals surface area contributed by atoms with E-state index in [4.69, 9.17) is 5.11 Å². The van der Waals surface area contributed by atoms with Crippen LogP contribution >= 0.6 is 11.3 Å². The molecular formula is C15H14O2S. The van der Waals surface area contributed by atoms with Crippen molar-refractivity contribution in [3.8, 4) is 10.4 Å². The molecule has 3 heteroatoms. The van der Waals surface area contributed by atoms with Gasteiger partial charge in [0.25, 0.3) is 0 Å². The van der Waals surface area contributed by atoms with Gasteiger partial charge in [-0.25, -0.2) is 0 Å². The molecule has 2 nitrogen and oxygen atoms in total. The molecule has 0 saturated heterocycles. The van der Waals surface area contributed by atoms with Crippen molar-refractivity contribution >= 4 is 17.3 Å². The van der Waals surface area contributed by atoms with Gasteiger partial charge >= 0.3 is 5.97 Å². The number of carbonyl (C=O) groups is 1. The van der Waals surface area contributed by atoms with Crippen LogP contribution in [-0.4, -0.2) is 11.1 Å². The highest BCUT2D eigenvalue weighted by molar-refractivity contribution is 7.13. The van der Waals surface area contributed by atoms with Crippen LogP contribution in [0.15, 0.2) is 29.6 Å². The number of aryl methyl sites for hydroxylation is 2. The van der Waals surface area contributed by atoms with Gasteiger partial charge in [-0.05, 0) is 53.5 Å². The zero-order valence-corrected chi connectivity index (χ0v) is 11.0. The summed E-state index contributed by atoms with van der Waals surface area (Å²) in [6, 6.07) is 8.33. The molecule has 0 bridgehead atoms. The Morgan fingerprint density at radius 1 is 1.39 bits per heavy atom. The summed E-state index contributed by atoms with van der Waals surface area (Å²) in [6.07, 6.45) is 1.61. The minimum atomic E-state index is -0.700. The number of hydrogen-bond acceptors (Lipinski definition) is 2. The van der Waals surface area contributed by atoms with Gasteiger partial charge in [-0.2, -0.15) is 0 Å². The number of fused-ring (bicyclic) bond motifs is 1. The number of aliphatic carboxylic acids is 1. The Hall–Kier alpha value is -1.61. The summed E-state index contributed by atoms with van der Waals surface area (Å²) in [5.74, 6) is -1.01. The number of thiophene rings is 1. The summed E-state index contributed by atoms with van der Waals surface area (Å²) >= 11 is 1.74. The highest BCUT2D eigenvalue weighted by Crippen LogP contribution is 2.37. The molecule has 1 atom stereocenters. The first kappa shape index (κ1) is 11.5. The molecule has 0 fully saturated rings. The van der Waals surface area contributed by atoms with E-state index in [-0.39, 0.29) is 5.92 Å². The first-order valence-electron chi connectivity index (χ1n) is 6.07. The maximum atomic E-state index is 11.1. The molecule has 2 aromatic rings. The molecule has 92 valence electrons. The molecule has 1 N–H and O–H groups in total. The highest BCUT2D eigenvalue weighted by atomic mass is 32.1. The summed E-state index contributed by atoms with van der Waals surface area (Å²) in [5, 5.41) is 11.3. The number of benzene rings is 1. The third-order valence-corrected chi connectivity index (χ3v) is 4.71. The van der Waals surface area contributed by atoms with Gasteiger partial charge in [0, 0.05) is 4.88 Å². The van der Waals surface area contributed by atoms with E-state index < -0.39 is 5.97 Å². The van der Waals surface area contributed by atoms with Crippen molar-refractivity contribution in [2.45, 2.75) is 25.7 Å². The van der Waals surface area contributed by atoms with Gasteiger partial charge in [-0.15, -0.1) is 11.3 Å². The molecule has 1 aromatic carbocycles. The lowest BCUT2D eigenvalue weighted by atomic mass is 9.99. The highest BCUT2D eigenvalue weighted by Gasteiger charge is 2.28. The quantitative estimate of drug-likeness (QED) is 0.888. The van der Waals surface area contributed by atoms with Crippen molar-refractivity contribution in [1.82, 2.24) is 0 Å². The topological polar surface area (TPSA) is 37.3 Å². The maximum absolute atomic E-state index is 11.1. The van der Waals surface area contributed by atoms with E-state index in [0.717, 1.165) is 18.4 Å². The lowest BCUT2D eigenvalue weighted by Crippen LogP contribution is -2.07. The Labute approximate surface area is 110 Å². The predicted molar refractivity (Wildman–Crippen MR) is 73.2 cm³/mol. The minimum Gasteiger partial charge on any atom is -0.481 e. The molecule has 1 heterocycles. The standard InChI is InChI=1S/C15H14O2S/c1-9-6-7-18-14(9)11-3-4-12-10(8-11)2-5-13(12)15(16)17/h3-4,6-8,13H,2,5H2,1H3,(H,16,17). The second-order valence-electron chi connectivity index (χ2n) is 4.78. The SMILES string of the molecule is Cc1ccsc1-c1ccc2c(c1)CCC2C(=O)O. The minimum absolute atomic E-state index is 0.307.